The largest absolute Gasteiger partial charge is 0.478 e. The predicted molar refractivity (Wildman–Crippen MR) is 85.0 cm³/mol. The number of hydrogen-bond donors (Lipinski definition) is 0. The van der Waals surface area contributed by atoms with E-state index in [-0.39, 0.29) is 11.5 Å². The number of nitrogens with zero attached hydrogens (tertiary/aromatic N) is 1. The van der Waals surface area contributed by atoms with Gasteiger partial charge in [0.1, 0.15) is 5.75 Å². The van der Waals surface area contributed by atoms with E-state index >= 15 is 0 Å². The summed E-state index contributed by atoms with van der Waals surface area (Å²) in [5, 5.41) is 0. The number of carbonyl (C=O) groups is 1. The zero-order valence-corrected chi connectivity index (χ0v) is 13.7. The lowest BCUT2D eigenvalue weighted by molar-refractivity contribution is -0.180. The van der Waals surface area contributed by atoms with Crippen LogP contribution in [0.25, 0.3) is 0 Å². The Hall–Kier alpha value is -1.55. The lowest BCUT2D eigenvalue weighted by Gasteiger charge is -2.48. The van der Waals surface area contributed by atoms with Gasteiger partial charge in [0, 0.05) is 13.1 Å². The summed E-state index contributed by atoms with van der Waals surface area (Å²) < 4.78 is 11.7. The molecule has 2 aliphatic rings. The fourth-order valence-corrected chi connectivity index (χ4v) is 3.23. The Labute approximate surface area is 132 Å². The minimum absolute atomic E-state index is 0.0576. The van der Waals surface area contributed by atoms with E-state index in [9.17, 15) is 4.79 Å². The van der Waals surface area contributed by atoms with Crippen molar-refractivity contribution in [3.63, 3.8) is 0 Å². The number of piperidine rings is 1. The standard InChI is InChI=1S/C18H25NO3/c1-14-4-6-15(7-5-14)22-17(2,3)16(20)19-11-8-18(9-12-19)10-13-21-18/h4-7H,8-13H2,1-3H3. The highest BCUT2D eigenvalue weighted by Crippen LogP contribution is 2.37. The fourth-order valence-electron chi connectivity index (χ4n) is 3.23. The summed E-state index contributed by atoms with van der Waals surface area (Å²) in [5.74, 6) is 0.794. The Morgan fingerprint density at radius 3 is 2.27 bits per heavy atom. The zero-order chi connectivity index (χ0) is 15.8. The molecule has 1 spiro atoms. The molecule has 0 atom stereocenters. The molecule has 0 saturated carbocycles. The number of hydrogen-bond acceptors (Lipinski definition) is 3. The van der Waals surface area contributed by atoms with Gasteiger partial charge in [-0.05, 0) is 52.2 Å². The van der Waals surface area contributed by atoms with Gasteiger partial charge in [-0.25, -0.2) is 0 Å². The first-order chi connectivity index (χ1) is 10.4. The lowest BCUT2D eigenvalue weighted by atomic mass is 9.84. The van der Waals surface area contributed by atoms with Crippen molar-refractivity contribution in [3.05, 3.63) is 29.8 Å². The summed E-state index contributed by atoms with van der Waals surface area (Å²) in [6, 6.07) is 7.82. The molecule has 0 radical (unpaired) electrons. The molecular formula is C18H25NO3. The fraction of sp³-hybridized carbons (Fsp3) is 0.611. The first-order valence-corrected chi connectivity index (χ1v) is 8.09. The van der Waals surface area contributed by atoms with Crippen molar-refractivity contribution in [1.82, 2.24) is 4.90 Å². The first-order valence-electron chi connectivity index (χ1n) is 8.09. The molecule has 0 N–H and O–H groups in total. The number of rotatable bonds is 3. The highest BCUT2D eigenvalue weighted by atomic mass is 16.5. The summed E-state index contributed by atoms with van der Waals surface area (Å²) in [5.41, 5.74) is 0.400. The molecule has 0 unspecified atom stereocenters. The van der Waals surface area contributed by atoms with Gasteiger partial charge >= 0.3 is 0 Å². The van der Waals surface area contributed by atoms with E-state index in [4.69, 9.17) is 9.47 Å². The molecule has 2 fully saturated rings. The number of likely N-dealkylation sites (tertiary alicyclic amines) is 1. The van der Waals surface area contributed by atoms with E-state index in [0.717, 1.165) is 44.7 Å². The van der Waals surface area contributed by atoms with Crippen molar-refractivity contribution in [2.45, 2.75) is 51.2 Å². The molecule has 2 aliphatic heterocycles. The number of ether oxygens (including phenoxy) is 2. The Balaban J connectivity index is 1.61. The molecule has 2 heterocycles. The first kappa shape index (κ1) is 15.3. The van der Waals surface area contributed by atoms with Crippen LogP contribution in [0.5, 0.6) is 5.75 Å². The van der Waals surface area contributed by atoms with Crippen LogP contribution >= 0.6 is 0 Å². The van der Waals surface area contributed by atoms with Crippen LogP contribution in [-0.2, 0) is 9.53 Å². The molecule has 4 heteroatoms. The third-order valence-electron chi connectivity index (χ3n) is 4.84. The van der Waals surface area contributed by atoms with E-state index < -0.39 is 5.60 Å². The molecule has 1 aromatic rings. The van der Waals surface area contributed by atoms with Gasteiger partial charge in [0.15, 0.2) is 5.60 Å². The third-order valence-corrected chi connectivity index (χ3v) is 4.84. The van der Waals surface area contributed by atoms with Crippen molar-refractivity contribution in [3.8, 4) is 5.75 Å². The number of carbonyl (C=O) groups excluding carboxylic acids is 1. The molecule has 3 rings (SSSR count). The zero-order valence-electron chi connectivity index (χ0n) is 13.7. The Bertz CT molecular complexity index is 536. The second-order valence-electron chi connectivity index (χ2n) is 7.00. The lowest BCUT2D eigenvalue weighted by Crippen LogP contribution is -2.57. The van der Waals surface area contributed by atoms with Gasteiger partial charge < -0.3 is 14.4 Å². The molecule has 2 saturated heterocycles. The monoisotopic (exact) mass is 303 g/mol. The average molecular weight is 303 g/mol. The van der Waals surface area contributed by atoms with E-state index in [1.807, 2.05) is 49.9 Å². The smallest absolute Gasteiger partial charge is 0.266 e. The average Bonchev–Trinajstić information content (AvgIpc) is 2.47. The molecule has 120 valence electrons. The van der Waals surface area contributed by atoms with Gasteiger partial charge in [-0.1, -0.05) is 17.7 Å². The van der Waals surface area contributed by atoms with Crippen LogP contribution in [0.2, 0.25) is 0 Å². The van der Waals surface area contributed by atoms with Gasteiger partial charge in [-0.3, -0.25) is 4.79 Å². The quantitative estimate of drug-likeness (QED) is 0.862. The Morgan fingerprint density at radius 1 is 1.18 bits per heavy atom. The van der Waals surface area contributed by atoms with E-state index in [1.54, 1.807) is 0 Å². The second-order valence-corrected chi connectivity index (χ2v) is 7.00. The maximum absolute atomic E-state index is 12.8. The molecular weight excluding hydrogens is 278 g/mol. The minimum Gasteiger partial charge on any atom is -0.478 e. The van der Waals surface area contributed by atoms with Crippen molar-refractivity contribution in [2.24, 2.45) is 0 Å². The molecule has 0 bridgehead atoms. The normalized spacial score (nSPS) is 20.6. The van der Waals surface area contributed by atoms with Crippen molar-refractivity contribution in [2.75, 3.05) is 19.7 Å². The molecule has 22 heavy (non-hydrogen) atoms. The molecule has 1 aromatic carbocycles. The van der Waals surface area contributed by atoms with Gasteiger partial charge in [-0.15, -0.1) is 0 Å². The Kier molecular flexibility index (Phi) is 3.89. The number of benzene rings is 1. The SMILES string of the molecule is Cc1ccc(OC(C)(C)C(=O)N2CCC3(CCO3)CC2)cc1. The van der Waals surface area contributed by atoms with Gasteiger partial charge in [0.25, 0.3) is 5.91 Å². The van der Waals surface area contributed by atoms with Gasteiger partial charge in [-0.2, -0.15) is 0 Å². The summed E-state index contributed by atoms with van der Waals surface area (Å²) >= 11 is 0. The van der Waals surface area contributed by atoms with Gasteiger partial charge in [0.05, 0.1) is 12.2 Å². The summed E-state index contributed by atoms with van der Waals surface area (Å²) in [6.45, 7) is 8.13. The van der Waals surface area contributed by atoms with Crippen molar-refractivity contribution in [1.29, 1.82) is 0 Å². The van der Waals surface area contributed by atoms with Crippen LogP contribution in [0, 0.1) is 6.92 Å². The van der Waals surface area contributed by atoms with Gasteiger partial charge in [0.2, 0.25) is 0 Å². The second kappa shape index (κ2) is 5.58. The molecule has 0 aromatic heterocycles. The number of aryl methyl sites for hydroxylation is 1. The van der Waals surface area contributed by atoms with Crippen molar-refractivity contribution < 1.29 is 14.3 Å². The minimum atomic E-state index is -0.847. The summed E-state index contributed by atoms with van der Waals surface area (Å²) in [4.78, 5) is 14.7. The van der Waals surface area contributed by atoms with E-state index in [0.29, 0.717) is 0 Å². The van der Waals surface area contributed by atoms with Crippen LogP contribution in [0.3, 0.4) is 0 Å². The Morgan fingerprint density at radius 2 is 1.77 bits per heavy atom. The number of amides is 1. The topological polar surface area (TPSA) is 38.8 Å². The predicted octanol–water partition coefficient (Wildman–Crippen LogP) is 2.93. The third kappa shape index (κ3) is 2.98. The van der Waals surface area contributed by atoms with E-state index in [2.05, 4.69) is 0 Å². The van der Waals surface area contributed by atoms with Crippen LogP contribution in [0.4, 0.5) is 0 Å². The van der Waals surface area contributed by atoms with Crippen LogP contribution in [0.15, 0.2) is 24.3 Å². The molecule has 4 nitrogen and oxygen atoms in total. The molecule has 0 aliphatic carbocycles. The highest BCUT2D eigenvalue weighted by molar-refractivity contribution is 5.85. The molecule has 1 amide bonds. The maximum Gasteiger partial charge on any atom is 0.266 e. The van der Waals surface area contributed by atoms with Crippen molar-refractivity contribution >= 4 is 5.91 Å². The summed E-state index contributed by atoms with van der Waals surface area (Å²) in [7, 11) is 0. The van der Waals surface area contributed by atoms with Crippen LogP contribution < -0.4 is 4.74 Å². The van der Waals surface area contributed by atoms with E-state index in [1.165, 1.54) is 5.56 Å². The van der Waals surface area contributed by atoms with Crippen LogP contribution in [-0.4, -0.2) is 41.7 Å². The van der Waals surface area contributed by atoms with Crippen LogP contribution in [0.1, 0.15) is 38.7 Å². The summed E-state index contributed by atoms with van der Waals surface area (Å²) in [6.07, 6.45) is 3.02. The maximum atomic E-state index is 12.8. The highest BCUT2D eigenvalue weighted by Gasteiger charge is 2.44.